The van der Waals surface area contributed by atoms with Crippen LogP contribution in [0.25, 0.3) is 0 Å². The lowest BCUT2D eigenvalue weighted by Crippen LogP contribution is -2.20. The number of nitrogens with zero attached hydrogens (tertiary/aromatic N) is 3. The van der Waals surface area contributed by atoms with Crippen molar-refractivity contribution in [3.05, 3.63) is 52.2 Å². The largest absolute Gasteiger partial charge is 0.476 e. The summed E-state index contributed by atoms with van der Waals surface area (Å²) in [5.74, 6) is -0.857. The zero-order chi connectivity index (χ0) is 17.7. The molecule has 0 saturated carbocycles. The van der Waals surface area contributed by atoms with Gasteiger partial charge in [0.2, 0.25) is 5.75 Å². The van der Waals surface area contributed by atoms with Gasteiger partial charge in [0.15, 0.2) is 6.61 Å². The van der Waals surface area contributed by atoms with Crippen molar-refractivity contribution < 1.29 is 14.5 Å². The van der Waals surface area contributed by atoms with Crippen LogP contribution in [-0.4, -0.2) is 36.5 Å². The lowest BCUT2D eigenvalue weighted by Gasteiger charge is -2.13. The summed E-state index contributed by atoms with van der Waals surface area (Å²) in [6, 6.07) is 10.3. The summed E-state index contributed by atoms with van der Waals surface area (Å²) in [7, 11) is 3.84. The Bertz CT molecular complexity index is 744. The average Bonchev–Trinajstić information content (AvgIpc) is 2.54. The predicted molar refractivity (Wildman–Crippen MR) is 90.5 cm³/mol. The van der Waals surface area contributed by atoms with Crippen LogP contribution >= 0.6 is 0 Å². The van der Waals surface area contributed by atoms with Gasteiger partial charge in [-0.05, 0) is 46.3 Å². The Morgan fingerprint density at radius 1 is 1.25 bits per heavy atom. The van der Waals surface area contributed by atoms with Crippen LogP contribution in [0.15, 0.2) is 36.4 Å². The van der Waals surface area contributed by atoms with E-state index in [2.05, 4.69) is 10.3 Å². The molecule has 0 fully saturated rings. The number of carbonyl (C=O) groups is 1. The summed E-state index contributed by atoms with van der Waals surface area (Å²) in [5.41, 5.74) is 2.12. The highest BCUT2D eigenvalue weighted by molar-refractivity contribution is 5.92. The van der Waals surface area contributed by atoms with E-state index in [4.69, 9.17) is 4.74 Å². The van der Waals surface area contributed by atoms with Gasteiger partial charge in [0, 0.05) is 32.4 Å². The average molecular weight is 330 g/mol. The lowest BCUT2D eigenvalue weighted by molar-refractivity contribution is -0.390. The van der Waals surface area contributed by atoms with E-state index in [9.17, 15) is 14.9 Å². The van der Waals surface area contributed by atoms with Crippen molar-refractivity contribution in [3.63, 3.8) is 0 Å². The number of amides is 1. The minimum absolute atomic E-state index is 0.0382. The molecule has 0 saturated heterocycles. The molecule has 0 aliphatic rings. The second-order valence-electron chi connectivity index (χ2n) is 5.31. The third-order valence-corrected chi connectivity index (χ3v) is 3.18. The van der Waals surface area contributed by atoms with E-state index in [1.807, 2.05) is 31.1 Å². The molecule has 24 heavy (non-hydrogen) atoms. The van der Waals surface area contributed by atoms with Gasteiger partial charge in [-0.25, -0.2) is 0 Å². The standard InChI is InChI=1S/C16H18N4O4/c1-11-4-9-14(16(17-11)20(22)23)24-10-15(21)18-12-5-7-13(8-6-12)19(2)3/h4-9H,10H2,1-3H3,(H,18,21). The lowest BCUT2D eigenvalue weighted by atomic mass is 10.2. The molecule has 1 aromatic carbocycles. The number of ether oxygens (including phenoxy) is 1. The molecule has 8 nitrogen and oxygen atoms in total. The number of aryl methyl sites for hydroxylation is 1. The number of nitrogens with one attached hydrogen (secondary N) is 1. The molecule has 1 aromatic heterocycles. The maximum absolute atomic E-state index is 11.9. The fourth-order valence-corrected chi connectivity index (χ4v) is 1.96. The van der Waals surface area contributed by atoms with Crippen molar-refractivity contribution in [1.82, 2.24) is 4.98 Å². The minimum Gasteiger partial charge on any atom is -0.476 e. The third-order valence-electron chi connectivity index (χ3n) is 3.18. The summed E-state index contributed by atoms with van der Waals surface area (Å²) in [4.78, 5) is 28.0. The molecule has 1 amide bonds. The van der Waals surface area contributed by atoms with Crippen molar-refractivity contribution in [2.24, 2.45) is 0 Å². The monoisotopic (exact) mass is 330 g/mol. The van der Waals surface area contributed by atoms with Crippen molar-refractivity contribution in [1.29, 1.82) is 0 Å². The molecule has 1 N–H and O–H groups in total. The topological polar surface area (TPSA) is 97.6 Å². The van der Waals surface area contributed by atoms with Crippen molar-refractivity contribution in [2.45, 2.75) is 6.92 Å². The van der Waals surface area contributed by atoms with E-state index in [1.165, 1.54) is 6.07 Å². The van der Waals surface area contributed by atoms with Gasteiger partial charge in [-0.1, -0.05) is 0 Å². The zero-order valence-electron chi connectivity index (χ0n) is 13.6. The van der Waals surface area contributed by atoms with Gasteiger partial charge in [-0.3, -0.25) is 4.79 Å². The molecular weight excluding hydrogens is 312 g/mol. The molecule has 0 atom stereocenters. The molecule has 0 aliphatic carbocycles. The normalized spacial score (nSPS) is 10.1. The molecular formula is C16H18N4O4. The summed E-state index contributed by atoms with van der Waals surface area (Å²) in [6.45, 7) is 1.29. The number of rotatable bonds is 6. The van der Waals surface area contributed by atoms with Crippen LogP contribution in [0.4, 0.5) is 17.2 Å². The van der Waals surface area contributed by atoms with Crippen molar-refractivity contribution in [2.75, 3.05) is 30.9 Å². The first kappa shape index (κ1) is 17.2. The maximum atomic E-state index is 11.9. The highest BCUT2D eigenvalue weighted by Crippen LogP contribution is 2.24. The Hall–Kier alpha value is -3.16. The number of benzene rings is 1. The third kappa shape index (κ3) is 4.42. The zero-order valence-corrected chi connectivity index (χ0v) is 13.6. The molecule has 8 heteroatoms. The molecule has 0 radical (unpaired) electrons. The van der Waals surface area contributed by atoms with Crippen LogP contribution in [0.1, 0.15) is 5.69 Å². The van der Waals surface area contributed by atoms with E-state index in [-0.39, 0.29) is 12.4 Å². The molecule has 126 valence electrons. The summed E-state index contributed by atoms with van der Waals surface area (Å²) in [6.07, 6.45) is 0. The SMILES string of the molecule is Cc1ccc(OCC(=O)Nc2ccc(N(C)C)cc2)c([N+](=O)[O-])n1. The van der Waals surface area contributed by atoms with Crippen LogP contribution in [0.3, 0.4) is 0 Å². The van der Waals surface area contributed by atoms with E-state index >= 15 is 0 Å². The Kier molecular flexibility index (Phi) is 5.31. The highest BCUT2D eigenvalue weighted by Gasteiger charge is 2.18. The number of nitro groups is 1. The number of hydrogen-bond donors (Lipinski definition) is 1. The van der Waals surface area contributed by atoms with Crippen LogP contribution in [0.5, 0.6) is 5.75 Å². The van der Waals surface area contributed by atoms with Crippen LogP contribution in [-0.2, 0) is 4.79 Å². The quantitative estimate of drug-likeness (QED) is 0.645. The van der Waals surface area contributed by atoms with Gasteiger partial charge >= 0.3 is 5.82 Å². The van der Waals surface area contributed by atoms with Gasteiger partial charge < -0.3 is 25.1 Å². The summed E-state index contributed by atoms with van der Waals surface area (Å²) < 4.78 is 5.22. The van der Waals surface area contributed by atoms with E-state index < -0.39 is 16.6 Å². The fourth-order valence-electron chi connectivity index (χ4n) is 1.96. The first-order valence-corrected chi connectivity index (χ1v) is 7.19. The van der Waals surface area contributed by atoms with Crippen LogP contribution < -0.4 is 15.0 Å². The molecule has 0 bridgehead atoms. The first-order valence-electron chi connectivity index (χ1n) is 7.19. The van der Waals surface area contributed by atoms with Gasteiger partial charge in [0.05, 0.1) is 0 Å². The smallest absolute Gasteiger partial charge is 0.406 e. The Balaban J connectivity index is 1.97. The first-order chi connectivity index (χ1) is 11.4. The molecule has 0 aliphatic heterocycles. The molecule has 1 heterocycles. The Morgan fingerprint density at radius 3 is 2.50 bits per heavy atom. The van der Waals surface area contributed by atoms with E-state index in [0.29, 0.717) is 11.4 Å². The van der Waals surface area contributed by atoms with Gasteiger partial charge in [0.1, 0.15) is 5.69 Å². The van der Waals surface area contributed by atoms with E-state index in [0.717, 1.165) is 5.69 Å². The Labute approximate surface area is 139 Å². The highest BCUT2D eigenvalue weighted by atomic mass is 16.6. The van der Waals surface area contributed by atoms with Crippen molar-refractivity contribution >= 4 is 23.1 Å². The van der Waals surface area contributed by atoms with Gasteiger partial charge in [-0.2, -0.15) is 0 Å². The second-order valence-corrected chi connectivity index (χ2v) is 5.31. The molecule has 0 spiro atoms. The maximum Gasteiger partial charge on any atom is 0.406 e. The number of aromatic nitrogens is 1. The van der Waals surface area contributed by atoms with Crippen molar-refractivity contribution in [3.8, 4) is 5.75 Å². The van der Waals surface area contributed by atoms with Gasteiger partial charge in [0.25, 0.3) is 5.91 Å². The van der Waals surface area contributed by atoms with E-state index in [1.54, 1.807) is 25.1 Å². The van der Waals surface area contributed by atoms with Crippen LogP contribution in [0, 0.1) is 17.0 Å². The Morgan fingerprint density at radius 2 is 1.92 bits per heavy atom. The molecule has 2 rings (SSSR count). The fraction of sp³-hybridized carbons (Fsp3) is 0.250. The predicted octanol–water partition coefficient (Wildman–Crippen LogP) is 2.38. The molecule has 2 aromatic rings. The number of anilines is 2. The number of pyridine rings is 1. The summed E-state index contributed by atoms with van der Waals surface area (Å²) in [5, 5.41) is 13.6. The molecule has 0 unspecified atom stereocenters. The van der Waals surface area contributed by atoms with Gasteiger partial charge in [-0.15, -0.1) is 0 Å². The summed E-state index contributed by atoms with van der Waals surface area (Å²) >= 11 is 0. The van der Waals surface area contributed by atoms with Crippen LogP contribution in [0.2, 0.25) is 0 Å². The second kappa shape index (κ2) is 7.40. The number of hydrogen-bond acceptors (Lipinski definition) is 6. The minimum atomic E-state index is -0.639. The number of carbonyl (C=O) groups excluding carboxylic acids is 1.